The van der Waals surface area contributed by atoms with Crippen molar-refractivity contribution >= 4 is 17.8 Å². The standard InChI is InChI=1S/C25H30FN7O4/c1-15-21(17-12-19(26)22(28-13-17)24(34)27-3)31-33(18-8-6-5-7-9-18)23(15)30-25(35)29-20-14-32(10-11-36-4)37-16(20)2/h5-9,12-13,16,20H,10-11,14H2,1-4H3,(H,27,34)(H2,29,30,35)/t16-,20+/m0/s1. The number of amides is 3. The first-order valence-corrected chi connectivity index (χ1v) is 11.8. The van der Waals surface area contributed by atoms with Crippen molar-refractivity contribution in [1.82, 2.24) is 30.5 Å². The lowest BCUT2D eigenvalue weighted by molar-refractivity contribution is -0.146. The quantitative estimate of drug-likeness (QED) is 0.425. The van der Waals surface area contributed by atoms with Crippen LogP contribution in [0.4, 0.5) is 15.0 Å². The summed E-state index contributed by atoms with van der Waals surface area (Å²) < 4.78 is 21.3. The number of para-hydroxylation sites is 1. The highest BCUT2D eigenvalue weighted by molar-refractivity contribution is 5.93. The maximum atomic E-state index is 14.7. The number of nitrogens with zero attached hydrogens (tertiary/aromatic N) is 4. The Bertz CT molecular complexity index is 1270. The lowest BCUT2D eigenvalue weighted by atomic mass is 10.1. The SMILES string of the molecule is CNC(=O)c1ncc(-c2nn(-c3ccccc3)c(NC(=O)N[C@@H]3CN(CCOC)O[C@H]3C)c2C)cc1F. The number of ether oxygens (including phenoxy) is 1. The smallest absolute Gasteiger partial charge is 0.320 e. The van der Waals surface area contributed by atoms with Crippen molar-refractivity contribution in [3.8, 4) is 16.9 Å². The van der Waals surface area contributed by atoms with Crippen LogP contribution in [0.3, 0.4) is 0 Å². The summed E-state index contributed by atoms with van der Waals surface area (Å²) in [6, 6.07) is 9.79. The molecule has 1 aromatic carbocycles. The van der Waals surface area contributed by atoms with E-state index in [2.05, 4.69) is 26.0 Å². The second kappa shape index (κ2) is 11.5. The van der Waals surface area contributed by atoms with E-state index in [1.807, 2.05) is 37.3 Å². The number of nitrogens with one attached hydrogen (secondary N) is 3. The summed E-state index contributed by atoms with van der Waals surface area (Å²) in [5.74, 6) is -0.983. The predicted molar refractivity (Wildman–Crippen MR) is 135 cm³/mol. The van der Waals surface area contributed by atoms with Crippen LogP contribution in [0.2, 0.25) is 0 Å². The normalized spacial score (nSPS) is 17.5. The molecule has 11 nitrogen and oxygen atoms in total. The Morgan fingerprint density at radius 2 is 2.03 bits per heavy atom. The molecule has 196 valence electrons. The van der Waals surface area contributed by atoms with E-state index >= 15 is 0 Å². The largest absolute Gasteiger partial charge is 0.383 e. The highest BCUT2D eigenvalue weighted by atomic mass is 19.1. The van der Waals surface area contributed by atoms with E-state index in [4.69, 9.17) is 9.57 Å². The molecule has 2 atom stereocenters. The molecule has 3 N–H and O–H groups in total. The number of benzene rings is 1. The molecule has 1 aliphatic heterocycles. The summed E-state index contributed by atoms with van der Waals surface area (Å²) in [6.45, 7) is 5.29. The molecule has 12 heteroatoms. The number of hydrogen-bond acceptors (Lipinski definition) is 7. The van der Waals surface area contributed by atoms with Gasteiger partial charge in [0.1, 0.15) is 5.82 Å². The topological polar surface area (TPSA) is 123 Å². The molecule has 37 heavy (non-hydrogen) atoms. The number of carbonyl (C=O) groups is 2. The van der Waals surface area contributed by atoms with Gasteiger partial charge in [0.2, 0.25) is 0 Å². The maximum Gasteiger partial charge on any atom is 0.320 e. The van der Waals surface area contributed by atoms with Gasteiger partial charge in [0.15, 0.2) is 11.5 Å². The first-order chi connectivity index (χ1) is 17.8. The predicted octanol–water partition coefficient (Wildman–Crippen LogP) is 2.51. The zero-order valence-corrected chi connectivity index (χ0v) is 21.1. The molecule has 3 aromatic rings. The number of hydroxylamine groups is 2. The zero-order chi connectivity index (χ0) is 26.5. The van der Waals surface area contributed by atoms with Gasteiger partial charge < -0.3 is 15.4 Å². The average Bonchev–Trinajstić information content (AvgIpc) is 3.41. The van der Waals surface area contributed by atoms with Gasteiger partial charge >= 0.3 is 6.03 Å². The summed E-state index contributed by atoms with van der Waals surface area (Å²) in [6.07, 6.45) is 1.17. The summed E-state index contributed by atoms with van der Waals surface area (Å²) >= 11 is 0. The van der Waals surface area contributed by atoms with Crippen LogP contribution >= 0.6 is 0 Å². The van der Waals surface area contributed by atoms with Gasteiger partial charge in [-0.15, -0.1) is 0 Å². The molecule has 2 aromatic heterocycles. The molecule has 0 radical (unpaired) electrons. The van der Waals surface area contributed by atoms with Crippen LogP contribution in [0.5, 0.6) is 0 Å². The van der Waals surface area contributed by atoms with Crippen LogP contribution in [0, 0.1) is 12.7 Å². The third-order valence-electron chi connectivity index (χ3n) is 6.06. The van der Waals surface area contributed by atoms with Crippen LogP contribution in [0.15, 0.2) is 42.6 Å². The molecule has 1 saturated heterocycles. The summed E-state index contributed by atoms with van der Waals surface area (Å²) in [4.78, 5) is 34.6. The van der Waals surface area contributed by atoms with Crippen LogP contribution in [-0.4, -0.2) is 77.8 Å². The lowest BCUT2D eigenvalue weighted by Crippen LogP contribution is -2.44. The van der Waals surface area contributed by atoms with E-state index in [-0.39, 0.29) is 17.8 Å². The van der Waals surface area contributed by atoms with Crippen LogP contribution in [0.25, 0.3) is 16.9 Å². The minimum absolute atomic E-state index is 0.216. The summed E-state index contributed by atoms with van der Waals surface area (Å²) in [5.41, 5.74) is 1.78. The third-order valence-corrected chi connectivity index (χ3v) is 6.06. The minimum Gasteiger partial charge on any atom is -0.383 e. The monoisotopic (exact) mass is 511 g/mol. The van der Waals surface area contributed by atoms with Crippen molar-refractivity contribution in [2.75, 3.05) is 39.2 Å². The number of pyridine rings is 1. The number of methoxy groups -OCH3 is 1. The number of urea groups is 1. The van der Waals surface area contributed by atoms with E-state index in [0.717, 1.165) is 0 Å². The molecular formula is C25H30FN7O4. The first kappa shape index (κ1) is 26.2. The van der Waals surface area contributed by atoms with E-state index < -0.39 is 17.8 Å². The Morgan fingerprint density at radius 1 is 1.27 bits per heavy atom. The van der Waals surface area contributed by atoms with E-state index in [1.165, 1.54) is 19.3 Å². The van der Waals surface area contributed by atoms with Gasteiger partial charge in [-0.1, -0.05) is 18.2 Å². The second-order valence-corrected chi connectivity index (χ2v) is 8.60. The van der Waals surface area contributed by atoms with Crippen LogP contribution < -0.4 is 16.0 Å². The summed E-state index contributed by atoms with van der Waals surface area (Å²) in [7, 11) is 3.03. The Morgan fingerprint density at radius 3 is 2.70 bits per heavy atom. The van der Waals surface area contributed by atoms with Crippen molar-refractivity contribution in [3.05, 3.63) is 59.7 Å². The number of hydrogen-bond donors (Lipinski definition) is 3. The number of rotatable bonds is 8. The molecular weight excluding hydrogens is 481 g/mol. The van der Waals surface area contributed by atoms with Crippen molar-refractivity contribution in [2.45, 2.75) is 26.0 Å². The van der Waals surface area contributed by atoms with Gasteiger partial charge in [-0.25, -0.2) is 18.9 Å². The van der Waals surface area contributed by atoms with Gasteiger partial charge in [-0.2, -0.15) is 10.2 Å². The molecule has 4 rings (SSSR count). The van der Waals surface area contributed by atoms with Crippen molar-refractivity contribution in [3.63, 3.8) is 0 Å². The van der Waals surface area contributed by atoms with Gasteiger partial charge in [-0.3, -0.25) is 14.9 Å². The number of aromatic nitrogens is 3. The van der Waals surface area contributed by atoms with E-state index in [9.17, 15) is 14.0 Å². The zero-order valence-electron chi connectivity index (χ0n) is 21.1. The molecule has 3 heterocycles. The fraction of sp³-hybridized carbons (Fsp3) is 0.360. The van der Waals surface area contributed by atoms with Crippen molar-refractivity contribution in [1.29, 1.82) is 0 Å². The Hall–Kier alpha value is -3.87. The van der Waals surface area contributed by atoms with Gasteiger partial charge in [0, 0.05) is 44.6 Å². The molecule has 0 unspecified atom stereocenters. The third kappa shape index (κ3) is 5.77. The maximum absolute atomic E-state index is 14.7. The number of carbonyl (C=O) groups excluding carboxylic acids is 2. The van der Waals surface area contributed by atoms with Gasteiger partial charge in [-0.05, 0) is 32.0 Å². The molecule has 0 bridgehead atoms. The molecule has 0 aliphatic carbocycles. The Labute approximate surface area is 213 Å². The summed E-state index contributed by atoms with van der Waals surface area (Å²) in [5, 5.41) is 14.6. The minimum atomic E-state index is -0.772. The molecule has 3 amide bonds. The van der Waals surface area contributed by atoms with Gasteiger partial charge in [0.05, 0.1) is 30.1 Å². The van der Waals surface area contributed by atoms with Crippen LogP contribution in [0.1, 0.15) is 23.0 Å². The fourth-order valence-electron chi connectivity index (χ4n) is 4.06. The lowest BCUT2D eigenvalue weighted by Gasteiger charge is -2.16. The average molecular weight is 512 g/mol. The van der Waals surface area contributed by atoms with Crippen molar-refractivity contribution in [2.24, 2.45) is 0 Å². The highest BCUT2D eigenvalue weighted by Gasteiger charge is 2.32. The highest BCUT2D eigenvalue weighted by Crippen LogP contribution is 2.31. The molecule has 0 spiro atoms. The molecule has 0 saturated carbocycles. The molecule has 1 fully saturated rings. The second-order valence-electron chi connectivity index (χ2n) is 8.60. The van der Waals surface area contributed by atoms with Gasteiger partial charge in [0.25, 0.3) is 5.91 Å². The Kier molecular flexibility index (Phi) is 8.11. The van der Waals surface area contributed by atoms with E-state index in [1.54, 1.807) is 23.8 Å². The van der Waals surface area contributed by atoms with Crippen molar-refractivity contribution < 1.29 is 23.6 Å². The number of halogens is 1. The fourth-order valence-corrected chi connectivity index (χ4v) is 4.06. The Balaban J connectivity index is 1.61. The number of anilines is 1. The molecule has 1 aliphatic rings. The first-order valence-electron chi connectivity index (χ1n) is 11.8. The van der Waals surface area contributed by atoms with Crippen LogP contribution in [-0.2, 0) is 9.57 Å². The van der Waals surface area contributed by atoms with E-state index in [0.29, 0.717) is 48.0 Å².